The fraction of sp³-hybridized carbons (Fsp3) is 0.467. The number of allylic oxidation sites excluding steroid dienone is 1. The number of hydrogen-bond acceptors (Lipinski definition) is 9. The SMILES string of the molecule is C1CNCCN1.C=CC[C@H](C)[C@@H](C)S(=O)(=O)NC(=O)c1ccc2c(c1)N(C[C@@H]1CC[C@H]1[C@H](C=C)OC(=O)c1ccc(Br)cc1)C[C@@]1(CCCc3cc(Cl)ccc31)CO2. The molecular weight excluding hydrogens is 840 g/mol. The van der Waals surface area contributed by atoms with Gasteiger partial charge in [-0.05, 0) is 123 Å². The van der Waals surface area contributed by atoms with E-state index in [-0.39, 0.29) is 28.7 Å². The molecule has 10 nitrogen and oxygen atoms in total. The van der Waals surface area contributed by atoms with Crippen molar-refractivity contribution in [1.29, 1.82) is 0 Å². The number of carbonyl (C=O) groups excluding carboxylic acids is 2. The van der Waals surface area contributed by atoms with Gasteiger partial charge in [0.1, 0.15) is 11.9 Å². The van der Waals surface area contributed by atoms with E-state index < -0.39 is 33.3 Å². The lowest BCUT2D eigenvalue weighted by Crippen LogP contribution is -2.49. The molecule has 6 atom stereocenters. The molecule has 0 unspecified atom stereocenters. The number of amides is 1. The van der Waals surface area contributed by atoms with E-state index in [1.54, 1.807) is 49.4 Å². The Kier molecular flexibility index (Phi) is 14.8. The smallest absolute Gasteiger partial charge is 0.338 e. The number of carbonyl (C=O) groups is 2. The Morgan fingerprint density at radius 3 is 2.38 bits per heavy atom. The van der Waals surface area contributed by atoms with E-state index >= 15 is 0 Å². The van der Waals surface area contributed by atoms with Crippen molar-refractivity contribution < 1.29 is 27.5 Å². The standard InChI is InChI=1S/C41H46BrClN2O6S.C4H10N2/c1-5-8-26(3)27(4)52(48,49)44-39(46)30-13-19-38-36(22-30)45(24-41(25-50-38)20-7-9-29-21-33(43)16-18-35(29)41)23-31-12-17-34(31)37(6-2)51-40(47)28-10-14-32(42)15-11-28;1-2-6-4-3-5-1/h5-6,10-11,13-16,18-19,21-22,26-27,31,34,37H,1-2,7-9,12,17,20,23-25H2,3-4H3,(H,44,46);5-6H,1-4H2/t26-,27+,31-,34+,37-,41-;/m0./s1. The number of halogens is 2. The third kappa shape index (κ3) is 10.4. The summed E-state index contributed by atoms with van der Waals surface area (Å²) in [7, 11) is -3.95. The Hall–Kier alpha value is -3.68. The third-order valence-corrected chi connectivity index (χ3v) is 14.9. The lowest BCUT2D eigenvalue weighted by molar-refractivity contribution is -0.00184. The molecule has 1 saturated heterocycles. The first kappa shape index (κ1) is 43.9. The quantitative estimate of drug-likeness (QED) is 0.123. The molecule has 2 fully saturated rings. The van der Waals surface area contributed by atoms with E-state index in [2.05, 4.69) is 61.5 Å². The number of benzene rings is 3. The minimum atomic E-state index is -3.95. The first-order valence-corrected chi connectivity index (χ1v) is 23.0. The van der Waals surface area contributed by atoms with Crippen LogP contribution in [0.15, 0.2) is 90.4 Å². The number of piperazine rings is 1. The van der Waals surface area contributed by atoms with Gasteiger partial charge in [0.05, 0.1) is 23.1 Å². The van der Waals surface area contributed by atoms with Crippen LogP contribution in [0.2, 0.25) is 5.02 Å². The number of anilines is 1. The van der Waals surface area contributed by atoms with E-state index in [0.29, 0.717) is 42.5 Å². The molecule has 3 aromatic rings. The molecule has 2 aliphatic carbocycles. The highest BCUT2D eigenvalue weighted by atomic mass is 79.9. The fourth-order valence-electron chi connectivity index (χ4n) is 8.53. The van der Waals surface area contributed by atoms with Crippen molar-refractivity contribution in [3.05, 3.63) is 118 Å². The first-order valence-electron chi connectivity index (χ1n) is 20.3. The summed E-state index contributed by atoms with van der Waals surface area (Å²) in [5.74, 6) is -0.470. The van der Waals surface area contributed by atoms with Gasteiger partial charge in [-0.1, -0.05) is 59.3 Å². The Labute approximate surface area is 357 Å². The number of sulfonamides is 1. The predicted molar refractivity (Wildman–Crippen MR) is 236 cm³/mol. The van der Waals surface area contributed by atoms with Crippen LogP contribution in [0, 0.1) is 17.8 Å². The third-order valence-electron chi connectivity index (χ3n) is 12.2. The molecule has 58 heavy (non-hydrogen) atoms. The Bertz CT molecular complexity index is 2050. The van der Waals surface area contributed by atoms with Crippen molar-refractivity contribution in [1.82, 2.24) is 15.4 Å². The topological polar surface area (TPSA) is 126 Å². The van der Waals surface area contributed by atoms with Crippen molar-refractivity contribution in [2.75, 3.05) is 50.8 Å². The van der Waals surface area contributed by atoms with Gasteiger partial charge in [-0.3, -0.25) is 4.79 Å². The van der Waals surface area contributed by atoms with Gasteiger partial charge in [0.2, 0.25) is 10.0 Å². The van der Waals surface area contributed by atoms with E-state index in [9.17, 15) is 18.0 Å². The number of fused-ring (bicyclic) bond motifs is 3. The number of nitrogens with zero attached hydrogens (tertiary/aromatic N) is 1. The Morgan fingerprint density at radius 1 is 1.03 bits per heavy atom. The average Bonchev–Trinajstić information content (AvgIpc) is 3.36. The monoisotopic (exact) mass is 894 g/mol. The molecule has 3 aromatic carbocycles. The molecule has 2 aliphatic heterocycles. The zero-order valence-corrected chi connectivity index (χ0v) is 36.6. The second kappa shape index (κ2) is 19.6. The Morgan fingerprint density at radius 2 is 1.74 bits per heavy atom. The first-order chi connectivity index (χ1) is 27.8. The Balaban J connectivity index is 0.000000865. The zero-order valence-electron chi connectivity index (χ0n) is 33.5. The van der Waals surface area contributed by atoms with Crippen molar-refractivity contribution in [3.8, 4) is 5.75 Å². The van der Waals surface area contributed by atoms with E-state index in [1.807, 2.05) is 25.1 Å². The number of ether oxygens (including phenoxy) is 2. The largest absolute Gasteiger partial charge is 0.490 e. The molecule has 3 N–H and O–H groups in total. The summed E-state index contributed by atoms with van der Waals surface area (Å²) in [6.45, 7) is 17.4. The van der Waals surface area contributed by atoms with Crippen LogP contribution >= 0.6 is 27.5 Å². The molecule has 0 bridgehead atoms. The van der Waals surface area contributed by atoms with Crippen LogP contribution in [0.3, 0.4) is 0 Å². The number of hydrogen-bond donors (Lipinski definition) is 3. The molecule has 13 heteroatoms. The highest BCUT2D eigenvalue weighted by molar-refractivity contribution is 9.10. The highest BCUT2D eigenvalue weighted by Gasteiger charge is 2.45. The number of aryl methyl sites for hydroxylation is 1. The van der Waals surface area contributed by atoms with Gasteiger partial charge < -0.3 is 25.0 Å². The summed E-state index contributed by atoms with van der Waals surface area (Å²) < 4.78 is 42.3. The van der Waals surface area contributed by atoms with Crippen molar-refractivity contribution in [2.45, 2.75) is 69.1 Å². The van der Waals surface area contributed by atoms with Gasteiger partial charge in [0, 0.05) is 65.7 Å². The van der Waals surface area contributed by atoms with Crippen LogP contribution < -0.4 is 25.0 Å². The fourth-order valence-corrected chi connectivity index (χ4v) is 10.3. The maximum Gasteiger partial charge on any atom is 0.338 e. The second-order valence-electron chi connectivity index (χ2n) is 16.1. The second-order valence-corrected chi connectivity index (χ2v) is 19.5. The van der Waals surface area contributed by atoms with Crippen LogP contribution in [0.25, 0.3) is 0 Å². The molecule has 1 spiro atoms. The summed E-state index contributed by atoms with van der Waals surface area (Å²) in [5.41, 5.74) is 3.51. The molecule has 1 saturated carbocycles. The summed E-state index contributed by atoms with van der Waals surface area (Å²) in [5, 5.41) is 6.36. The highest BCUT2D eigenvalue weighted by Crippen LogP contribution is 2.47. The lowest BCUT2D eigenvalue weighted by Gasteiger charge is -2.45. The van der Waals surface area contributed by atoms with Gasteiger partial charge in [0.15, 0.2) is 0 Å². The molecule has 4 aliphatic rings. The summed E-state index contributed by atoms with van der Waals surface area (Å²) in [6.07, 6.45) is 8.06. The number of rotatable bonds is 12. The maximum absolute atomic E-state index is 13.6. The summed E-state index contributed by atoms with van der Waals surface area (Å²) >= 11 is 9.86. The van der Waals surface area contributed by atoms with Gasteiger partial charge in [-0.15, -0.1) is 6.58 Å². The van der Waals surface area contributed by atoms with Gasteiger partial charge in [-0.2, -0.15) is 0 Å². The van der Waals surface area contributed by atoms with Gasteiger partial charge in [-0.25, -0.2) is 17.9 Å². The van der Waals surface area contributed by atoms with E-state index in [0.717, 1.165) is 68.4 Å². The molecule has 312 valence electrons. The van der Waals surface area contributed by atoms with Crippen LogP contribution in [-0.4, -0.2) is 77.5 Å². The lowest BCUT2D eigenvalue weighted by atomic mass is 9.68. The minimum absolute atomic E-state index is 0.0496. The van der Waals surface area contributed by atoms with Gasteiger partial charge >= 0.3 is 5.97 Å². The van der Waals surface area contributed by atoms with E-state index in [1.165, 1.54) is 11.1 Å². The van der Waals surface area contributed by atoms with Crippen LogP contribution in [0.5, 0.6) is 5.75 Å². The van der Waals surface area contributed by atoms with Crippen LogP contribution in [0.4, 0.5) is 5.69 Å². The molecule has 0 aromatic heterocycles. The van der Waals surface area contributed by atoms with Crippen LogP contribution in [-0.2, 0) is 26.6 Å². The normalized spacial score (nSPS) is 22.8. The molecule has 2 heterocycles. The average molecular weight is 896 g/mol. The van der Waals surface area contributed by atoms with Crippen molar-refractivity contribution in [2.24, 2.45) is 17.8 Å². The number of nitrogens with one attached hydrogen (secondary N) is 3. The number of esters is 1. The molecule has 1 amide bonds. The minimum Gasteiger partial charge on any atom is -0.490 e. The molecule has 0 radical (unpaired) electrons. The van der Waals surface area contributed by atoms with E-state index in [4.69, 9.17) is 21.1 Å². The predicted octanol–water partition coefficient (Wildman–Crippen LogP) is 7.85. The van der Waals surface area contributed by atoms with Crippen molar-refractivity contribution in [3.63, 3.8) is 0 Å². The molecule has 7 rings (SSSR count). The maximum atomic E-state index is 13.6. The summed E-state index contributed by atoms with van der Waals surface area (Å²) in [6, 6.07) is 18.3. The van der Waals surface area contributed by atoms with Crippen molar-refractivity contribution >= 4 is 55.1 Å². The zero-order chi connectivity index (χ0) is 41.5. The summed E-state index contributed by atoms with van der Waals surface area (Å²) in [4.78, 5) is 29.0. The van der Waals surface area contributed by atoms with Crippen LogP contribution in [0.1, 0.15) is 77.8 Å². The molecular formula is C45H56BrClN4O6S. The van der Waals surface area contributed by atoms with Gasteiger partial charge in [0.25, 0.3) is 5.91 Å².